The molecule has 0 aliphatic heterocycles. The third-order valence-corrected chi connectivity index (χ3v) is 8.48. The van der Waals surface area contributed by atoms with Crippen LogP contribution >= 0.6 is 11.6 Å². The van der Waals surface area contributed by atoms with E-state index in [4.69, 9.17) is 21.1 Å². The van der Waals surface area contributed by atoms with E-state index in [-0.39, 0.29) is 29.9 Å². The van der Waals surface area contributed by atoms with E-state index in [1.165, 1.54) is 19.2 Å². The number of nitrogens with zero attached hydrogens (tertiary/aromatic N) is 4. The van der Waals surface area contributed by atoms with Crippen LogP contribution in [0, 0.1) is 17.2 Å². The second-order valence-electron chi connectivity index (χ2n) is 11.3. The van der Waals surface area contributed by atoms with Gasteiger partial charge in [-0.05, 0) is 68.2 Å². The third kappa shape index (κ3) is 5.68. The molecule has 0 radical (unpaired) electrons. The summed E-state index contributed by atoms with van der Waals surface area (Å²) in [6.07, 6.45) is 9.14. The Morgan fingerprint density at radius 2 is 1.90 bits per heavy atom. The number of hydrogen-bond donors (Lipinski definition) is 1. The Labute approximate surface area is 247 Å². The van der Waals surface area contributed by atoms with Crippen molar-refractivity contribution in [3.8, 4) is 17.0 Å². The van der Waals surface area contributed by atoms with Gasteiger partial charge in [-0.25, -0.2) is 4.39 Å². The Hall–Kier alpha value is -4.05. The number of ether oxygens (including phenoxy) is 2. The Morgan fingerprint density at radius 1 is 1.10 bits per heavy atom. The molecule has 9 nitrogen and oxygen atoms in total. The van der Waals surface area contributed by atoms with Crippen molar-refractivity contribution in [2.24, 2.45) is 11.3 Å². The summed E-state index contributed by atoms with van der Waals surface area (Å²) in [5.41, 5.74) is 3.01. The number of hydrogen-bond acceptors (Lipinski definition) is 7. The number of halogens is 2. The minimum absolute atomic E-state index is 0.0753. The highest BCUT2D eigenvalue weighted by Gasteiger charge is 2.53. The van der Waals surface area contributed by atoms with Gasteiger partial charge in [-0.15, -0.1) is 0 Å². The first-order valence-corrected chi connectivity index (χ1v) is 14.4. The van der Waals surface area contributed by atoms with Crippen LogP contribution in [0.2, 0.25) is 5.02 Å². The number of carbonyl (C=O) groups is 2. The highest BCUT2D eigenvalue weighted by molar-refractivity contribution is 6.32. The lowest BCUT2D eigenvalue weighted by molar-refractivity contribution is -0.148. The molecule has 2 saturated carbocycles. The van der Waals surface area contributed by atoms with E-state index in [1.54, 1.807) is 41.5 Å². The molecule has 11 heteroatoms. The standard InChI is InChI=1S/C31H31ClFN5O4/c1-3-42-28(39)4-18-10-31(11-18)12-23(13-31)37-30(40)26-8-21(32)5-20-14-36-38(29(20)26)17-24-15-35-27(16-34-24)19-6-22(33)9-25(7-19)41-2/h5-9,14-16,18,23H,3-4,10-13,17H2,1-2H3,(H,37,40). The lowest BCUT2D eigenvalue weighted by atomic mass is 9.49. The van der Waals surface area contributed by atoms with E-state index < -0.39 is 5.82 Å². The van der Waals surface area contributed by atoms with Crippen LogP contribution in [-0.2, 0) is 16.1 Å². The number of esters is 1. The van der Waals surface area contributed by atoms with Gasteiger partial charge in [0.25, 0.3) is 5.91 Å². The Bertz CT molecular complexity index is 1640. The molecule has 2 aliphatic carbocycles. The zero-order valence-corrected chi connectivity index (χ0v) is 24.2. The van der Waals surface area contributed by atoms with Gasteiger partial charge in [0.15, 0.2) is 0 Å². The maximum absolute atomic E-state index is 14.0. The van der Waals surface area contributed by atoms with Crippen LogP contribution in [0.15, 0.2) is 48.9 Å². The van der Waals surface area contributed by atoms with Crippen LogP contribution in [0.4, 0.5) is 4.39 Å². The van der Waals surface area contributed by atoms with Gasteiger partial charge in [-0.1, -0.05) is 11.6 Å². The van der Waals surface area contributed by atoms with Gasteiger partial charge in [0.05, 0.1) is 61.3 Å². The van der Waals surface area contributed by atoms with Gasteiger partial charge in [0.2, 0.25) is 0 Å². The zero-order chi connectivity index (χ0) is 29.4. The van der Waals surface area contributed by atoms with Crippen molar-refractivity contribution in [3.05, 3.63) is 71.0 Å². The van der Waals surface area contributed by atoms with Crippen molar-refractivity contribution in [2.75, 3.05) is 13.7 Å². The molecule has 2 aromatic carbocycles. The molecule has 1 amide bonds. The number of benzene rings is 2. The van der Waals surface area contributed by atoms with Crippen LogP contribution in [0.3, 0.4) is 0 Å². The van der Waals surface area contributed by atoms with Crippen LogP contribution < -0.4 is 10.1 Å². The minimum Gasteiger partial charge on any atom is -0.497 e. The lowest BCUT2D eigenvalue weighted by Gasteiger charge is -2.57. The van der Waals surface area contributed by atoms with Crippen molar-refractivity contribution in [2.45, 2.75) is 51.6 Å². The topological polar surface area (TPSA) is 108 Å². The smallest absolute Gasteiger partial charge is 0.306 e. The maximum atomic E-state index is 14.0. The molecule has 4 aromatic rings. The fraction of sp³-hybridized carbons (Fsp3) is 0.387. The molecule has 0 unspecified atom stereocenters. The molecule has 0 bridgehead atoms. The Morgan fingerprint density at radius 3 is 2.62 bits per heavy atom. The fourth-order valence-electron chi connectivity index (χ4n) is 6.51. The van der Waals surface area contributed by atoms with Crippen molar-refractivity contribution in [1.82, 2.24) is 25.1 Å². The first-order valence-electron chi connectivity index (χ1n) is 14.0. The highest BCUT2D eigenvalue weighted by Crippen LogP contribution is 2.59. The SMILES string of the molecule is CCOC(=O)CC1CC2(C1)CC(NC(=O)c1cc(Cl)cc3cnn(Cc4cnc(-c5cc(F)cc(OC)c5)cn4)c13)C2. The predicted octanol–water partition coefficient (Wildman–Crippen LogP) is 5.58. The average molecular weight is 592 g/mol. The molecule has 218 valence electrons. The fourth-order valence-corrected chi connectivity index (χ4v) is 6.73. The Balaban J connectivity index is 1.13. The monoisotopic (exact) mass is 591 g/mol. The summed E-state index contributed by atoms with van der Waals surface area (Å²) < 4.78 is 25.9. The highest BCUT2D eigenvalue weighted by atomic mass is 35.5. The van der Waals surface area contributed by atoms with E-state index >= 15 is 0 Å². The van der Waals surface area contributed by atoms with Gasteiger partial charge >= 0.3 is 5.97 Å². The Kier molecular flexibility index (Phi) is 7.57. The van der Waals surface area contributed by atoms with Crippen LogP contribution in [0.1, 0.15) is 55.1 Å². The van der Waals surface area contributed by atoms with Crippen LogP contribution in [0.25, 0.3) is 22.2 Å². The van der Waals surface area contributed by atoms with Gasteiger partial charge in [-0.2, -0.15) is 5.10 Å². The first-order chi connectivity index (χ1) is 20.2. The van der Waals surface area contributed by atoms with Gasteiger partial charge in [0, 0.05) is 34.5 Å². The van der Waals surface area contributed by atoms with Gasteiger partial charge in [0.1, 0.15) is 11.6 Å². The predicted molar refractivity (Wildman–Crippen MR) is 155 cm³/mol. The second-order valence-corrected chi connectivity index (χ2v) is 11.8. The number of carbonyl (C=O) groups excluding carboxylic acids is 2. The van der Waals surface area contributed by atoms with Crippen molar-refractivity contribution in [1.29, 1.82) is 0 Å². The molecule has 0 atom stereocenters. The number of fused-ring (bicyclic) bond motifs is 1. The van der Waals surface area contributed by atoms with Crippen LogP contribution in [-0.4, -0.2) is 51.4 Å². The molecule has 2 aliphatic rings. The first kappa shape index (κ1) is 28.1. The second kappa shape index (κ2) is 11.3. The van der Waals surface area contributed by atoms with E-state index in [1.807, 2.05) is 6.92 Å². The molecular weight excluding hydrogens is 561 g/mol. The zero-order valence-electron chi connectivity index (χ0n) is 23.4. The number of nitrogens with one attached hydrogen (secondary N) is 1. The molecule has 2 fully saturated rings. The minimum atomic E-state index is -0.425. The summed E-state index contributed by atoms with van der Waals surface area (Å²) in [6, 6.07) is 7.88. The van der Waals surface area contributed by atoms with E-state index in [0.29, 0.717) is 57.7 Å². The summed E-state index contributed by atoms with van der Waals surface area (Å²) in [6.45, 7) is 2.51. The average Bonchev–Trinajstić information content (AvgIpc) is 3.32. The molecular formula is C31H31ClFN5O4. The molecule has 2 aromatic heterocycles. The molecule has 42 heavy (non-hydrogen) atoms. The van der Waals surface area contributed by atoms with Crippen molar-refractivity contribution in [3.63, 3.8) is 0 Å². The van der Waals surface area contributed by atoms with E-state index in [0.717, 1.165) is 31.1 Å². The molecule has 6 rings (SSSR count). The van der Waals surface area contributed by atoms with E-state index in [2.05, 4.69) is 20.4 Å². The molecule has 1 spiro atoms. The lowest BCUT2D eigenvalue weighted by Crippen LogP contribution is -2.56. The van der Waals surface area contributed by atoms with Crippen LogP contribution in [0.5, 0.6) is 5.75 Å². The largest absolute Gasteiger partial charge is 0.497 e. The normalized spacial score (nSPS) is 21.0. The maximum Gasteiger partial charge on any atom is 0.306 e. The van der Waals surface area contributed by atoms with Gasteiger partial charge < -0.3 is 14.8 Å². The number of rotatable bonds is 9. The summed E-state index contributed by atoms with van der Waals surface area (Å²) in [5.74, 6) is 0.0127. The van der Waals surface area contributed by atoms with Crippen molar-refractivity contribution >= 4 is 34.4 Å². The summed E-state index contributed by atoms with van der Waals surface area (Å²) >= 11 is 6.37. The molecule has 2 heterocycles. The third-order valence-electron chi connectivity index (χ3n) is 8.26. The number of amides is 1. The van der Waals surface area contributed by atoms with E-state index in [9.17, 15) is 14.0 Å². The van der Waals surface area contributed by atoms with Gasteiger partial charge in [-0.3, -0.25) is 24.2 Å². The summed E-state index contributed by atoms with van der Waals surface area (Å²) in [7, 11) is 1.48. The quantitative estimate of drug-likeness (QED) is 0.253. The molecule has 0 saturated heterocycles. The van der Waals surface area contributed by atoms with Crippen molar-refractivity contribution < 1.29 is 23.5 Å². The molecule has 1 N–H and O–H groups in total. The summed E-state index contributed by atoms with van der Waals surface area (Å²) in [4.78, 5) is 34.2. The number of aromatic nitrogens is 4. The summed E-state index contributed by atoms with van der Waals surface area (Å²) in [5, 5.41) is 8.87. The number of methoxy groups -OCH3 is 1.